The number of nitrogens with two attached hydrogens (primary N) is 1. The van der Waals surface area contributed by atoms with Crippen LogP contribution in [-0.2, 0) is 0 Å². The number of ether oxygens (including phenoxy) is 1. The van der Waals surface area contributed by atoms with Crippen molar-refractivity contribution in [2.45, 2.75) is 0 Å². The predicted octanol–water partition coefficient (Wildman–Crippen LogP) is 2.99. The van der Waals surface area contributed by atoms with E-state index in [1.165, 1.54) is 0 Å². The van der Waals surface area contributed by atoms with Crippen molar-refractivity contribution >= 4 is 11.3 Å². The van der Waals surface area contributed by atoms with Crippen LogP contribution in [0.3, 0.4) is 0 Å². The van der Waals surface area contributed by atoms with E-state index in [0.29, 0.717) is 11.5 Å². The minimum Gasteiger partial charge on any atom is -0.437 e. The Balaban J connectivity index is 2.06. The third-order valence-electron chi connectivity index (χ3n) is 2.66. The van der Waals surface area contributed by atoms with Crippen LogP contribution in [0.5, 0.6) is 11.6 Å². The van der Waals surface area contributed by atoms with Crippen molar-refractivity contribution in [1.82, 2.24) is 9.38 Å². The van der Waals surface area contributed by atoms with Crippen molar-refractivity contribution < 1.29 is 13.5 Å². The molecular formula is C13H9F2N3O. The normalized spacial score (nSPS) is 10.8. The number of hydrogen-bond donors (Lipinski definition) is 1. The van der Waals surface area contributed by atoms with E-state index in [-0.39, 0.29) is 11.4 Å². The third kappa shape index (κ3) is 1.97. The van der Waals surface area contributed by atoms with E-state index in [4.69, 9.17) is 10.5 Å². The van der Waals surface area contributed by atoms with Gasteiger partial charge in [0.15, 0.2) is 11.6 Å². The first-order chi connectivity index (χ1) is 9.15. The summed E-state index contributed by atoms with van der Waals surface area (Å²) in [4.78, 5) is 4.07. The van der Waals surface area contributed by atoms with Gasteiger partial charge in [0.05, 0.1) is 5.69 Å². The van der Waals surface area contributed by atoms with Crippen LogP contribution in [0.4, 0.5) is 14.5 Å². The number of halogens is 2. The second-order valence-electron chi connectivity index (χ2n) is 3.93. The molecule has 0 saturated heterocycles. The summed E-state index contributed by atoms with van der Waals surface area (Å²) >= 11 is 0. The molecule has 0 saturated carbocycles. The molecule has 6 heteroatoms. The molecule has 4 nitrogen and oxygen atoms in total. The van der Waals surface area contributed by atoms with Gasteiger partial charge < -0.3 is 10.5 Å². The topological polar surface area (TPSA) is 52.5 Å². The first-order valence-electron chi connectivity index (χ1n) is 5.49. The van der Waals surface area contributed by atoms with Crippen molar-refractivity contribution in [3.8, 4) is 11.6 Å². The molecule has 0 fully saturated rings. The molecular weight excluding hydrogens is 252 g/mol. The third-order valence-corrected chi connectivity index (χ3v) is 2.66. The van der Waals surface area contributed by atoms with Gasteiger partial charge in [-0.15, -0.1) is 0 Å². The van der Waals surface area contributed by atoms with Crippen molar-refractivity contribution in [3.63, 3.8) is 0 Å². The van der Waals surface area contributed by atoms with Gasteiger partial charge in [-0.1, -0.05) is 6.07 Å². The van der Waals surface area contributed by atoms with Crippen molar-refractivity contribution in [2.75, 3.05) is 5.73 Å². The number of nitrogen functional groups attached to an aromatic ring is 1. The van der Waals surface area contributed by atoms with Gasteiger partial charge >= 0.3 is 0 Å². The predicted molar refractivity (Wildman–Crippen MR) is 66.0 cm³/mol. The van der Waals surface area contributed by atoms with Crippen LogP contribution in [0.2, 0.25) is 0 Å². The zero-order chi connectivity index (χ0) is 13.4. The summed E-state index contributed by atoms with van der Waals surface area (Å²) in [6.07, 6.45) is 3.25. The maximum Gasteiger partial charge on any atom is 0.205 e. The Kier molecular flexibility index (Phi) is 2.56. The highest BCUT2D eigenvalue weighted by Gasteiger charge is 2.11. The van der Waals surface area contributed by atoms with Gasteiger partial charge in [0.25, 0.3) is 0 Å². The van der Waals surface area contributed by atoms with Gasteiger partial charge in [-0.3, -0.25) is 4.40 Å². The van der Waals surface area contributed by atoms with Crippen LogP contribution in [0.1, 0.15) is 0 Å². The second kappa shape index (κ2) is 4.24. The van der Waals surface area contributed by atoms with E-state index in [1.807, 2.05) is 0 Å². The molecule has 0 spiro atoms. The number of imidazole rings is 1. The van der Waals surface area contributed by atoms with Gasteiger partial charge in [0.2, 0.25) is 5.88 Å². The molecule has 3 rings (SSSR count). The number of nitrogens with zero attached hydrogens (tertiary/aromatic N) is 2. The van der Waals surface area contributed by atoms with Crippen LogP contribution >= 0.6 is 0 Å². The average Bonchev–Trinajstić information content (AvgIpc) is 2.85. The fraction of sp³-hybridized carbons (Fsp3) is 0. The smallest absolute Gasteiger partial charge is 0.205 e. The summed E-state index contributed by atoms with van der Waals surface area (Å²) in [6.45, 7) is 0. The standard InChI is InChI=1S/C13H9F2N3O/c14-8-7-11(9(15)6-10(8)16)19-13-3-1-2-12-17-4-5-18(12)13/h1-7H,16H2. The van der Waals surface area contributed by atoms with Crippen molar-refractivity contribution in [3.05, 3.63) is 54.4 Å². The molecule has 0 amide bonds. The number of hydrogen-bond acceptors (Lipinski definition) is 3. The molecule has 0 aliphatic carbocycles. The fourth-order valence-corrected chi connectivity index (χ4v) is 1.74. The Morgan fingerprint density at radius 2 is 2.00 bits per heavy atom. The summed E-state index contributed by atoms with van der Waals surface area (Å²) < 4.78 is 34.0. The minimum atomic E-state index is -0.728. The molecule has 3 aromatic rings. The lowest BCUT2D eigenvalue weighted by molar-refractivity contribution is 0.418. The van der Waals surface area contributed by atoms with E-state index in [0.717, 1.165) is 12.1 Å². The molecule has 0 atom stereocenters. The molecule has 2 aromatic heterocycles. The highest BCUT2D eigenvalue weighted by Crippen LogP contribution is 2.28. The van der Waals surface area contributed by atoms with Crippen LogP contribution in [0.25, 0.3) is 5.65 Å². The van der Waals surface area contributed by atoms with Crippen LogP contribution in [0.15, 0.2) is 42.7 Å². The van der Waals surface area contributed by atoms with Crippen molar-refractivity contribution in [1.29, 1.82) is 0 Å². The molecule has 96 valence electrons. The molecule has 0 bridgehead atoms. The van der Waals surface area contributed by atoms with Crippen LogP contribution in [0, 0.1) is 11.6 Å². The Bertz CT molecular complexity index is 755. The monoisotopic (exact) mass is 261 g/mol. The second-order valence-corrected chi connectivity index (χ2v) is 3.93. The number of anilines is 1. The van der Waals surface area contributed by atoms with Gasteiger partial charge in [-0.2, -0.15) is 0 Å². The average molecular weight is 261 g/mol. The summed E-state index contributed by atoms with van der Waals surface area (Å²) in [5.74, 6) is -1.35. The number of rotatable bonds is 2. The number of benzene rings is 1. The van der Waals surface area contributed by atoms with Gasteiger partial charge in [0.1, 0.15) is 11.5 Å². The number of aromatic nitrogens is 2. The quantitative estimate of drug-likeness (QED) is 0.721. The van der Waals surface area contributed by atoms with Gasteiger partial charge in [-0.25, -0.2) is 13.8 Å². The lowest BCUT2D eigenvalue weighted by atomic mass is 10.3. The van der Waals surface area contributed by atoms with Crippen molar-refractivity contribution in [2.24, 2.45) is 0 Å². The van der Waals surface area contributed by atoms with Gasteiger partial charge in [0, 0.05) is 24.5 Å². The number of pyridine rings is 1. The molecule has 0 unspecified atom stereocenters. The first kappa shape index (κ1) is 11.5. The van der Waals surface area contributed by atoms with Crippen LogP contribution in [-0.4, -0.2) is 9.38 Å². The lowest BCUT2D eigenvalue weighted by Crippen LogP contribution is -1.98. The zero-order valence-electron chi connectivity index (χ0n) is 9.68. The highest BCUT2D eigenvalue weighted by molar-refractivity contribution is 5.47. The molecule has 1 aromatic carbocycles. The summed E-state index contributed by atoms with van der Waals surface area (Å²) in [5.41, 5.74) is 5.66. The molecule has 2 N–H and O–H groups in total. The molecule has 0 aliphatic heterocycles. The number of fused-ring (bicyclic) bond motifs is 1. The summed E-state index contributed by atoms with van der Waals surface area (Å²) in [7, 11) is 0. The first-order valence-corrected chi connectivity index (χ1v) is 5.49. The van der Waals surface area contributed by atoms with E-state index in [9.17, 15) is 8.78 Å². The highest BCUT2D eigenvalue weighted by atomic mass is 19.1. The zero-order valence-corrected chi connectivity index (χ0v) is 9.68. The fourth-order valence-electron chi connectivity index (χ4n) is 1.74. The Morgan fingerprint density at radius 1 is 1.16 bits per heavy atom. The van der Waals surface area contributed by atoms with E-state index in [2.05, 4.69) is 4.98 Å². The molecule has 2 heterocycles. The molecule has 0 aliphatic rings. The van der Waals surface area contributed by atoms with E-state index < -0.39 is 11.6 Å². The summed E-state index contributed by atoms with van der Waals surface area (Å²) in [6, 6.07) is 6.91. The largest absolute Gasteiger partial charge is 0.437 e. The van der Waals surface area contributed by atoms with E-state index in [1.54, 1.807) is 35.0 Å². The maximum atomic E-state index is 13.6. The van der Waals surface area contributed by atoms with Gasteiger partial charge in [-0.05, 0) is 12.1 Å². The maximum absolute atomic E-state index is 13.6. The molecule has 0 radical (unpaired) electrons. The Morgan fingerprint density at radius 3 is 2.84 bits per heavy atom. The Labute approximate surface area is 107 Å². The van der Waals surface area contributed by atoms with E-state index >= 15 is 0 Å². The minimum absolute atomic E-state index is 0.229. The molecule has 19 heavy (non-hydrogen) atoms. The lowest BCUT2D eigenvalue weighted by Gasteiger charge is -2.09. The van der Waals surface area contributed by atoms with Crippen LogP contribution < -0.4 is 10.5 Å². The SMILES string of the molecule is Nc1cc(F)c(Oc2cccc3nccn23)cc1F. The summed E-state index contributed by atoms with van der Waals surface area (Å²) in [5, 5.41) is 0. The Hall–Kier alpha value is -2.63.